The quantitative estimate of drug-likeness (QED) is 0.147. The van der Waals surface area contributed by atoms with E-state index in [0.29, 0.717) is 0 Å². The molecule has 1 aliphatic rings. The second-order valence-corrected chi connectivity index (χ2v) is 16.3. The van der Waals surface area contributed by atoms with Crippen molar-refractivity contribution in [2.24, 2.45) is 5.92 Å². The highest BCUT2D eigenvalue weighted by molar-refractivity contribution is 5.78. The van der Waals surface area contributed by atoms with Crippen LogP contribution in [-0.2, 0) is 6.42 Å². The number of nitrogens with two attached hydrogens (primary N) is 1. The topological polar surface area (TPSA) is 53.7 Å². The van der Waals surface area contributed by atoms with Crippen molar-refractivity contribution < 1.29 is 14.2 Å². The molecule has 7 aromatic rings. The minimum atomic E-state index is 0.758. The molecule has 4 nitrogen and oxygen atoms in total. The lowest BCUT2D eigenvalue weighted by Gasteiger charge is -2.09. The van der Waals surface area contributed by atoms with E-state index in [1.807, 2.05) is 121 Å². The van der Waals surface area contributed by atoms with E-state index in [4.69, 9.17) is 19.9 Å². The van der Waals surface area contributed by atoms with Gasteiger partial charge in [0.25, 0.3) is 0 Å². The number of hydrogen-bond acceptors (Lipinski definition) is 4. The van der Waals surface area contributed by atoms with Crippen LogP contribution in [0.4, 0.5) is 5.69 Å². The lowest BCUT2D eigenvalue weighted by atomic mass is 10.0. The Morgan fingerprint density at radius 3 is 1.24 bits per heavy atom. The highest BCUT2D eigenvalue weighted by Gasteiger charge is 2.17. The maximum absolute atomic E-state index is 5.85. The van der Waals surface area contributed by atoms with Crippen LogP contribution in [0.2, 0.25) is 0 Å². The zero-order valence-electron chi connectivity index (χ0n) is 38.9. The van der Waals surface area contributed by atoms with Gasteiger partial charge in [0.05, 0.1) is 0 Å². The van der Waals surface area contributed by atoms with Gasteiger partial charge in [-0.05, 0) is 148 Å². The van der Waals surface area contributed by atoms with Crippen LogP contribution in [0.15, 0.2) is 158 Å². The fourth-order valence-corrected chi connectivity index (χ4v) is 6.56. The van der Waals surface area contributed by atoms with Gasteiger partial charge in [-0.25, -0.2) is 0 Å². The Morgan fingerprint density at radius 2 is 0.823 bits per heavy atom. The maximum atomic E-state index is 5.85. The molecule has 1 aliphatic carbocycles. The van der Waals surface area contributed by atoms with Gasteiger partial charge in [0, 0.05) is 11.8 Å². The number of nitrogen functional groups attached to an aromatic ring is 1. The first-order chi connectivity index (χ1) is 29.9. The summed E-state index contributed by atoms with van der Waals surface area (Å²) in [7, 11) is 0. The minimum Gasteiger partial charge on any atom is -0.457 e. The molecular formula is C58H69NO3. The molecule has 0 saturated carbocycles. The smallest absolute Gasteiger partial charge is 0.131 e. The van der Waals surface area contributed by atoms with Gasteiger partial charge in [0.2, 0.25) is 0 Å². The molecule has 0 saturated heterocycles. The number of ether oxygens (including phenoxy) is 3. The minimum absolute atomic E-state index is 0.758. The van der Waals surface area contributed by atoms with Crippen molar-refractivity contribution in [3.8, 4) is 45.6 Å². The summed E-state index contributed by atoms with van der Waals surface area (Å²) in [6.45, 7) is 21.4. The third kappa shape index (κ3) is 16.7. The molecule has 1 atom stereocenters. The summed E-state index contributed by atoms with van der Waals surface area (Å²) in [4.78, 5) is 0. The van der Waals surface area contributed by atoms with Crippen LogP contribution in [0.3, 0.4) is 0 Å². The summed E-state index contributed by atoms with van der Waals surface area (Å²) in [5, 5.41) is 0. The lowest BCUT2D eigenvalue weighted by Crippen LogP contribution is -1.88. The van der Waals surface area contributed by atoms with Crippen molar-refractivity contribution in [1.29, 1.82) is 0 Å². The van der Waals surface area contributed by atoms with Gasteiger partial charge < -0.3 is 19.9 Å². The van der Waals surface area contributed by atoms with Crippen LogP contribution < -0.4 is 19.9 Å². The highest BCUT2D eigenvalue weighted by atomic mass is 16.5. The SMILES string of the molecule is CCC.CCCC(C)CC.Cc1ccc(Oc2cccc(C)c2)cc1.Cc1ccc(Oc2cccc(Oc3ccc(C)cc3)c2)cc1.Cc1ccc2c(c1)Cc1cc(N)ccc1-2. The molecular weight excluding hydrogens is 759 g/mol. The summed E-state index contributed by atoms with van der Waals surface area (Å²) < 4.78 is 17.4. The first-order valence-electron chi connectivity index (χ1n) is 22.3. The fourth-order valence-electron chi connectivity index (χ4n) is 6.56. The van der Waals surface area contributed by atoms with Gasteiger partial charge in [-0.1, -0.05) is 161 Å². The summed E-state index contributed by atoms with van der Waals surface area (Å²) in [6.07, 6.45) is 6.36. The third-order valence-corrected chi connectivity index (χ3v) is 10.1. The van der Waals surface area contributed by atoms with Gasteiger partial charge >= 0.3 is 0 Å². The first kappa shape index (κ1) is 48.4. The van der Waals surface area contributed by atoms with Crippen molar-refractivity contribution in [2.75, 3.05) is 5.73 Å². The van der Waals surface area contributed by atoms with Crippen molar-refractivity contribution >= 4 is 5.69 Å². The normalized spacial score (nSPS) is 10.9. The monoisotopic (exact) mass is 828 g/mol. The van der Waals surface area contributed by atoms with E-state index >= 15 is 0 Å². The van der Waals surface area contributed by atoms with Crippen molar-refractivity contribution in [3.63, 3.8) is 0 Å². The van der Waals surface area contributed by atoms with E-state index in [1.54, 1.807) is 0 Å². The predicted octanol–water partition coefficient (Wildman–Crippen LogP) is 17.4. The molecule has 7 aromatic carbocycles. The summed E-state index contributed by atoms with van der Waals surface area (Å²) in [5.74, 6) is 5.87. The maximum Gasteiger partial charge on any atom is 0.131 e. The van der Waals surface area contributed by atoms with E-state index in [-0.39, 0.29) is 0 Å². The molecule has 2 N–H and O–H groups in total. The number of fused-ring (bicyclic) bond motifs is 3. The number of hydrogen-bond donors (Lipinski definition) is 1. The van der Waals surface area contributed by atoms with Crippen LogP contribution in [0.1, 0.15) is 99.2 Å². The fraction of sp³-hybridized carbons (Fsp3) is 0.276. The molecule has 4 heteroatoms. The molecule has 0 spiro atoms. The van der Waals surface area contributed by atoms with E-state index in [9.17, 15) is 0 Å². The Balaban J connectivity index is 0.000000188. The van der Waals surface area contributed by atoms with Gasteiger partial charge in [0.15, 0.2) is 0 Å². The number of aryl methyl sites for hydroxylation is 5. The van der Waals surface area contributed by atoms with Crippen LogP contribution in [0.5, 0.6) is 34.5 Å². The second kappa shape index (κ2) is 25.5. The second-order valence-electron chi connectivity index (χ2n) is 16.3. The Kier molecular flexibility index (Phi) is 19.9. The average molecular weight is 828 g/mol. The molecule has 8 rings (SSSR count). The van der Waals surface area contributed by atoms with Gasteiger partial charge in [-0.3, -0.25) is 0 Å². The largest absolute Gasteiger partial charge is 0.457 e. The van der Waals surface area contributed by atoms with Crippen molar-refractivity contribution in [3.05, 3.63) is 197 Å². The van der Waals surface area contributed by atoms with Crippen LogP contribution in [-0.4, -0.2) is 0 Å². The number of rotatable bonds is 9. The number of benzene rings is 7. The van der Waals surface area contributed by atoms with Crippen LogP contribution in [0, 0.1) is 40.5 Å². The van der Waals surface area contributed by atoms with Crippen LogP contribution in [0.25, 0.3) is 11.1 Å². The Labute approximate surface area is 373 Å². The van der Waals surface area contributed by atoms with E-state index < -0.39 is 0 Å². The Bertz CT molecular complexity index is 2250. The van der Waals surface area contributed by atoms with E-state index in [2.05, 4.69) is 106 Å². The molecule has 0 aliphatic heterocycles. The molecule has 62 heavy (non-hydrogen) atoms. The Morgan fingerprint density at radius 1 is 0.435 bits per heavy atom. The predicted molar refractivity (Wildman–Crippen MR) is 266 cm³/mol. The zero-order chi connectivity index (χ0) is 44.9. The highest BCUT2D eigenvalue weighted by Crippen LogP contribution is 2.38. The van der Waals surface area contributed by atoms with Crippen LogP contribution >= 0.6 is 0 Å². The average Bonchev–Trinajstić information content (AvgIpc) is 3.61. The molecule has 0 bridgehead atoms. The van der Waals surface area contributed by atoms with E-state index in [0.717, 1.165) is 52.5 Å². The van der Waals surface area contributed by atoms with Crippen molar-refractivity contribution in [2.45, 2.75) is 101 Å². The third-order valence-electron chi connectivity index (χ3n) is 10.1. The summed E-state index contributed by atoms with van der Waals surface area (Å²) in [6, 6.07) is 52.6. The van der Waals surface area contributed by atoms with Gasteiger partial charge in [0.1, 0.15) is 34.5 Å². The number of anilines is 1. The molecule has 0 fully saturated rings. The first-order valence-corrected chi connectivity index (χ1v) is 22.3. The van der Waals surface area contributed by atoms with Crippen molar-refractivity contribution in [1.82, 2.24) is 0 Å². The van der Waals surface area contributed by atoms with E-state index in [1.165, 1.54) is 75.8 Å². The zero-order valence-corrected chi connectivity index (χ0v) is 38.9. The van der Waals surface area contributed by atoms with Gasteiger partial charge in [-0.15, -0.1) is 0 Å². The molecule has 1 unspecified atom stereocenters. The molecule has 324 valence electrons. The molecule has 0 heterocycles. The standard InChI is InChI=1S/C20H18O2.C14H13N.C14H14O.C7H16.C3H8/c1-15-6-10-17(11-7-15)21-19-4-3-5-20(14-19)22-18-12-8-16(2)9-13-18;1-9-2-4-13-10(6-9)7-11-8-12(15)3-5-14(11)13;1-11-6-8-13(9-7-11)15-14-5-3-4-12(2)10-14;1-4-6-7(3)5-2;1-3-2/h3-14H,1-2H3;2-6,8H,7,15H2,1H3;3-10H,1-2H3;7H,4-6H2,1-3H3;3H2,1-2H3. The molecule has 0 amide bonds. The lowest BCUT2D eigenvalue weighted by molar-refractivity contribution is 0.460. The summed E-state index contributed by atoms with van der Waals surface area (Å²) >= 11 is 0. The summed E-state index contributed by atoms with van der Waals surface area (Å²) in [5.41, 5.74) is 18.4. The molecule has 0 radical (unpaired) electrons. The Hall–Kier alpha value is -6.26. The molecule has 0 aromatic heterocycles. The van der Waals surface area contributed by atoms with Gasteiger partial charge in [-0.2, -0.15) is 0 Å².